The molecular weight excluding hydrogens is 303 g/mol. The van der Waals surface area contributed by atoms with Crippen LogP contribution >= 0.6 is 0 Å². The molecule has 0 saturated heterocycles. The minimum atomic E-state index is -0.125. The molecule has 0 aliphatic carbocycles. The maximum Gasteiger partial charge on any atom is 0.251 e. The quantitative estimate of drug-likeness (QED) is 0.810. The van der Waals surface area contributed by atoms with Gasteiger partial charge in [-0.3, -0.25) is 4.79 Å². The Kier molecular flexibility index (Phi) is 6.63. The van der Waals surface area contributed by atoms with Crippen LogP contribution in [-0.4, -0.2) is 45.2 Å². The van der Waals surface area contributed by atoms with Crippen molar-refractivity contribution in [3.63, 3.8) is 0 Å². The minimum absolute atomic E-state index is 0.125. The van der Waals surface area contributed by atoms with Crippen molar-refractivity contribution < 1.29 is 14.3 Å². The highest BCUT2D eigenvalue weighted by Gasteiger charge is 2.06. The average Bonchev–Trinajstić information content (AvgIpc) is 2.60. The van der Waals surface area contributed by atoms with Gasteiger partial charge in [0.05, 0.1) is 7.11 Å². The maximum atomic E-state index is 12.2. The van der Waals surface area contributed by atoms with Gasteiger partial charge in [-0.15, -0.1) is 0 Å². The van der Waals surface area contributed by atoms with Crippen LogP contribution in [-0.2, 0) is 6.54 Å². The Bertz CT molecular complexity index is 654. The number of likely N-dealkylation sites (N-methyl/N-ethyl adjacent to an activating group) is 1. The number of hydrogen-bond donors (Lipinski definition) is 1. The zero-order valence-electron chi connectivity index (χ0n) is 14.4. The van der Waals surface area contributed by atoms with Crippen LogP contribution < -0.4 is 14.8 Å². The van der Waals surface area contributed by atoms with E-state index in [1.807, 2.05) is 44.4 Å². The second-order valence-corrected chi connectivity index (χ2v) is 5.71. The van der Waals surface area contributed by atoms with E-state index in [4.69, 9.17) is 9.47 Å². The molecule has 0 bridgehead atoms. The molecular formula is C19H24N2O3. The van der Waals surface area contributed by atoms with Crippen LogP contribution in [0.3, 0.4) is 0 Å². The third-order valence-electron chi connectivity index (χ3n) is 3.52. The summed E-state index contributed by atoms with van der Waals surface area (Å²) in [6.07, 6.45) is 0. The molecule has 2 aromatic carbocycles. The molecule has 0 atom stereocenters. The van der Waals surface area contributed by atoms with Crippen LogP contribution in [0, 0.1) is 0 Å². The third-order valence-corrected chi connectivity index (χ3v) is 3.52. The van der Waals surface area contributed by atoms with E-state index in [1.54, 1.807) is 25.3 Å². The Labute approximate surface area is 143 Å². The van der Waals surface area contributed by atoms with Gasteiger partial charge in [-0.1, -0.05) is 18.2 Å². The molecule has 0 heterocycles. The summed E-state index contributed by atoms with van der Waals surface area (Å²) >= 11 is 0. The average molecular weight is 327 g/mol. The van der Waals surface area contributed by atoms with E-state index in [0.29, 0.717) is 24.5 Å². The summed E-state index contributed by atoms with van der Waals surface area (Å²) < 4.78 is 10.8. The van der Waals surface area contributed by atoms with Crippen molar-refractivity contribution in [3.05, 3.63) is 59.7 Å². The first-order chi connectivity index (χ1) is 11.6. The molecule has 0 spiro atoms. The van der Waals surface area contributed by atoms with Gasteiger partial charge in [-0.25, -0.2) is 0 Å². The number of carbonyl (C=O) groups is 1. The van der Waals surface area contributed by atoms with Crippen LogP contribution in [0.15, 0.2) is 48.5 Å². The number of methoxy groups -OCH3 is 1. The highest BCUT2D eigenvalue weighted by molar-refractivity contribution is 5.94. The number of carbonyl (C=O) groups excluding carboxylic acids is 1. The van der Waals surface area contributed by atoms with E-state index < -0.39 is 0 Å². The molecule has 24 heavy (non-hydrogen) atoms. The van der Waals surface area contributed by atoms with Crippen molar-refractivity contribution in [2.75, 3.05) is 34.4 Å². The van der Waals surface area contributed by atoms with Crippen LogP contribution in [0.1, 0.15) is 15.9 Å². The second kappa shape index (κ2) is 8.93. The SMILES string of the molecule is COc1cccc([11C](=O)NCc2ccc(OCCN(C)C)cc2)c1. The monoisotopic (exact) mass is 327 g/mol. The van der Waals surface area contributed by atoms with Crippen LogP contribution in [0.4, 0.5) is 0 Å². The number of rotatable bonds is 8. The Balaban J connectivity index is 1.84. The maximum absolute atomic E-state index is 12.2. The second-order valence-electron chi connectivity index (χ2n) is 5.71. The predicted octanol–water partition coefficient (Wildman–Crippen LogP) is 2.57. The van der Waals surface area contributed by atoms with Crippen molar-refractivity contribution in [2.24, 2.45) is 0 Å². The van der Waals surface area contributed by atoms with Gasteiger partial charge in [0, 0.05) is 18.7 Å². The first-order valence-corrected chi connectivity index (χ1v) is 7.87. The summed E-state index contributed by atoms with van der Waals surface area (Å²) in [7, 11) is 5.61. The summed E-state index contributed by atoms with van der Waals surface area (Å²) in [6.45, 7) is 1.99. The van der Waals surface area contributed by atoms with E-state index in [9.17, 15) is 4.79 Å². The van der Waals surface area contributed by atoms with Crippen LogP contribution in [0.25, 0.3) is 0 Å². The van der Waals surface area contributed by atoms with E-state index in [2.05, 4.69) is 10.2 Å². The van der Waals surface area contributed by atoms with Gasteiger partial charge in [0.25, 0.3) is 5.91 Å². The fourth-order valence-corrected chi connectivity index (χ4v) is 2.10. The number of hydrogen-bond acceptors (Lipinski definition) is 4. The highest BCUT2D eigenvalue weighted by Crippen LogP contribution is 2.14. The number of ether oxygens (including phenoxy) is 2. The van der Waals surface area contributed by atoms with Crippen molar-refractivity contribution in [1.82, 2.24) is 10.2 Å². The van der Waals surface area contributed by atoms with Gasteiger partial charge in [0.1, 0.15) is 18.1 Å². The van der Waals surface area contributed by atoms with Crippen LogP contribution in [0.5, 0.6) is 11.5 Å². The van der Waals surface area contributed by atoms with E-state index in [1.165, 1.54) is 0 Å². The van der Waals surface area contributed by atoms with Gasteiger partial charge < -0.3 is 19.7 Å². The third kappa shape index (κ3) is 5.59. The molecule has 5 nitrogen and oxygen atoms in total. The first-order valence-electron chi connectivity index (χ1n) is 7.87. The molecule has 0 radical (unpaired) electrons. The molecule has 2 rings (SSSR count). The van der Waals surface area contributed by atoms with Gasteiger partial charge in [-0.2, -0.15) is 0 Å². The smallest absolute Gasteiger partial charge is 0.251 e. The van der Waals surface area contributed by atoms with Crippen molar-refractivity contribution >= 4 is 5.91 Å². The molecule has 0 saturated carbocycles. The zero-order valence-corrected chi connectivity index (χ0v) is 14.4. The minimum Gasteiger partial charge on any atom is -0.497 e. The molecule has 0 aromatic heterocycles. The zero-order chi connectivity index (χ0) is 17.4. The Morgan fingerprint density at radius 3 is 2.50 bits per heavy atom. The summed E-state index contributed by atoms with van der Waals surface area (Å²) in [5, 5.41) is 2.90. The lowest BCUT2D eigenvalue weighted by Crippen LogP contribution is -2.22. The number of nitrogens with zero attached hydrogens (tertiary/aromatic N) is 1. The molecule has 0 aliphatic heterocycles. The lowest BCUT2D eigenvalue weighted by atomic mass is 9.88. The van der Waals surface area contributed by atoms with E-state index in [-0.39, 0.29) is 5.91 Å². The summed E-state index contributed by atoms with van der Waals surface area (Å²) in [5.41, 5.74) is 1.60. The molecule has 0 unspecified atom stereocenters. The summed E-state index contributed by atoms with van der Waals surface area (Å²) in [6, 6.07) is 14.8. The summed E-state index contributed by atoms with van der Waals surface area (Å²) in [5.74, 6) is 1.38. The number of amides is 1. The normalized spacial score (nSPS) is 10.5. The molecule has 0 fully saturated rings. The van der Waals surface area contributed by atoms with Gasteiger partial charge in [0.15, 0.2) is 0 Å². The summed E-state index contributed by atoms with van der Waals surface area (Å²) in [4.78, 5) is 14.2. The Morgan fingerprint density at radius 1 is 1.08 bits per heavy atom. The van der Waals surface area contributed by atoms with Crippen LogP contribution in [0.2, 0.25) is 0 Å². The lowest BCUT2D eigenvalue weighted by molar-refractivity contribution is 0.0950. The standard InChI is InChI=1S/C19H24N2O3/c1-21(2)11-12-24-17-9-7-15(8-10-17)14-20-19(22)16-5-4-6-18(13-16)23-3/h4-10,13H,11-12,14H2,1-3H3,(H,20,22)/i19-1. The molecule has 1 N–H and O–H groups in total. The van der Waals surface area contributed by atoms with Crippen molar-refractivity contribution in [3.8, 4) is 11.5 Å². The van der Waals surface area contributed by atoms with Gasteiger partial charge in [0.2, 0.25) is 0 Å². The van der Waals surface area contributed by atoms with Gasteiger partial charge in [-0.05, 0) is 50.0 Å². The molecule has 128 valence electrons. The number of benzene rings is 2. The Morgan fingerprint density at radius 2 is 1.83 bits per heavy atom. The van der Waals surface area contributed by atoms with Gasteiger partial charge >= 0.3 is 0 Å². The topological polar surface area (TPSA) is 50.8 Å². The molecule has 5 heteroatoms. The number of nitrogens with one attached hydrogen (secondary N) is 1. The van der Waals surface area contributed by atoms with Crippen molar-refractivity contribution in [2.45, 2.75) is 6.54 Å². The highest BCUT2D eigenvalue weighted by atomic mass is 16.5. The van der Waals surface area contributed by atoms with Crippen molar-refractivity contribution in [1.29, 1.82) is 0 Å². The van der Waals surface area contributed by atoms with E-state index >= 15 is 0 Å². The fourth-order valence-electron chi connectivity index (χ4n) is 2.10. The molecule has 0 aliphatic rings. The largest absolute Gasteiger partial charge is 0.497 e. The predicted molar refractivity (Wildman–Crippen MR) is 94.7 cm³/mol. The molecule has 1 amide bonds. The first kappa shape index (κ1) is 17.8. The Hall–Kier alpha value is -2.53. The lowest BCUT2D eigenvalue weighted by Gasteiger charge is -2.11. The molecule has 2 aromatic rings. The fraction of sp³-hybridized carbons (Fsp3) is 0.316. The van der Waals surface area contributed by atoms with E-state index in [0.717, 1.165) is 17.9 Å².